The van der Waals surface area contributed by atoms with Gasteiger partial charge >= 0.3 is 0 Å². The minimum absolute atomic E-state index is 0.0214. The van der Waals surface area contributed by atoms with Gasteiger partial charge in [0.1, 0.15) is 5.82 Å². The molecule has 1 saturated carbocycles. The van der Waals surface area contributed by atoms with Gasteiger partial charge in [-0.2, -0.15) is 5.10 Å². The van der Waals surface area contributed by atoms with E-state index in [1.54, 1.807) is 18.3 Å². The average Bonchev–Trinajstić information content (AvgIpc) is 3.40. The first-order valence-corrected chi connectivity index (χ1v) is 10.4. The van der Waals surface area contributed by atoms with E-state index < -0.39 is 0 Å². The van der Waals surface area contributed by atoms with Crippen LogP contribution in [0.25, 0.3) is 11.3 Å². The third-order valence-electron chi connectivity index (χ3n) is 5.98. The number of H-pyrrole nitrogens is 1. The van der Waals surface area contributed by atoms with Gasteiger partial charge in [-0.15, -0.1) is 0 Å². The van der Waals surface area contributed by atoms with Crippen LogP contribution in [-0.2, 0) is 0 Å². The Hall–Kier alpha value is -2.21. The highest BCUT2D eigenvalue weighted by Gasteiger charge is 2.34. The Morgan fingerprint density at radius 3 is 2.86 bits per heavy atom. The van der Waals surface area contributed by atoms with Gasteiger partial charge in [0, 0.05) is 37.8 Å². The number of carbonyl (C=O) groups is 1. The number of hydrogen-bond acceptors (Lipinski definition) is 3. The summed E-state index contributed by atoms with van der Waals surface area (Å²) in [7, 11) is 0. The van der Waals surface area contributed by atoms with E-state index in [1.165, 1.54) is 25.0 Å². The molecule has 5 nitrogen and oxygen atoms in total. The molecule has 0 spiro atoms. The first-order valence-electron chi connectivity index (χ1n) is 10.4. The molecule has 28 heavy (non-hydrogen) atoms. The van der Waals surface area contributed by atoms with Crippen LogP contribution in [0.2, 0.25) is 0 Å². The summed E-state index contributed by atoms with van der Waals surface area (Å²) in [6.45, 7) is 8.17. The lowest BCUT2D eigenvalue weighted by molar-refractivity contribution is 0.0705. The van der Waals surface area contributed by atoms with Crippen LogP contribution >= 0.6 is 0 Å². The van der Waals surface area contributed by atoms with Crippen molar-refractivity contribution in [2.45, 2.75) is 39.2 Å². The summed E-state index contributed by atoms with van der Waals surface area (Å²) in [5.74, 6) is 0.985. The molecule has 1 N–H and O–H groups in total. The fourth-order valence-electron chi connectivity index (χ4n) is 4.22. The van der Waals surface area contributed by atoms with Crippen molar-refractivity contribution in [3.8, 4) is 11.3 Å². The Labute approximate surface area is 165 Å². The van der Waals surface area contributed by atoms with Gasteiger partial charge in [0.05, 0.1) is 17.5 Å². The van der Waals surface area contributed by atoms with Gasteiger partial charge in [0.25, 0.3) is 5.91 Å². The molecule has 1 atom stereocenters. The molecule has 4 rings (SSSR count). The molecule has 2 fully saturated rings. The Morgan fingerprint density at radius 2 is 2.14 bits per heavy atom. The van der Waals surface area contributed by atoms with Gasteiger partial charge in [-0.3, -0.25) is 14.8 Å². The minimum atomic E-state index is -0.323. The topological polar surface area (TPSA) is 52.2 Å². The predicted octanol–water partition coefficient (Wildman–Crippen LogP) is 3.80. The van der Waals surface area contributed by atoms with Crippen molar-refractivity contribution in [3.63, 3.8) is 0 Å². The molecule has 1 aromatic heterocycles. The van der Waals surface area contributed by atoms with E-state index in [1.807, 2.05) is 4.90 Å². The van der Waals surface area contributed by atoms with E-state index in [0.29, 0.717) is 28.8 Å². The molecule has 0 unspecified atom stereocenters. The second kappa shape index (κ2) is 8.03. The highest BCUT2D eigenvalue weighted by atomic mass is 19.1. The van der Waals surface area contributed by atoms with E-state index in [4.69, 9.17) is 0 Å². The molecule has 1 amide bonds. The fourth-order valence-corrected chi connectivity index (χ4v) is 4.22. The summed E-state index contributed by atoms with van der Waals surface area (Å²) in [4.78, 5) is 17.9. The number of aromatic nitrogens is 2. The summed E-state index contributed by atoms with van der Waals surface area (Å²) >= 11 is 0. The standard InChI is InChI=1S/C22H29FN4O/c1-15(2)20-14-27(10-4-9-26(20)13-16-7-8-16)22(28)19-12-24-25-21(19)17-5-3-6-18(23)11-17/h3,5-6,11-12,15-16,20H,4,7-10,13-14H2,1-2H3,(H,24,25)/t20-/m0/s1. The van der Waals surface area contributed by atoms with Gasteiger partial charge in [0.2, 0.25) is 0 Å². The van der Waals surface area contributed by atoms with Crippen molar-refractivity contribution < 1.29 is 9.18 Å². The number of amides is 1. The Morgan fingerprint density at radius 1 is 1.32 bits per heavy atom. The van der Waals surface area contributed by atoms with Gasteiger partial charge in [-0.1, -0.05) is 26.0 Å². The van der Waals surface area contributed by atoms with Crippen molar-refractivity contribution in [2.24, 2.45) is 11.8 Å². The van der Waals surface area contributed by atoms with Crippen LogP contribution < -0.4 is 0 Å². The lowest BCUT2D eigenvalue weighted by atomic mass is 10.0. The number of carbonyl (C=O) groups excluding carboxylic acids is 1. The van der Waals surface area contributed by atoms with Crippen molar-refractivity contribution >= 4 is 5.91 Å². The van der Waals surface area contributed by atoms with Crippen LogP contribution in [0.1, 0.15) is 43.5 Å². The molecule has 1 saturated heterocycles. The zero-order valence-electron chi connectivity index (χ0n) is 16.7. The lowest BCUT2D eigenvalue weighted by Gasteiger charge is -2.34. The maximum Gasteiger partial charge on any atom is 0.257 e. The SMILES string of the molecule is CC(C)[C@@H]1CN(C(=O)c2cn[nH]c2-c2cccc(F)c2)CCCN1CC1CC1. The largest absolute Gasteiger partial charge is 0.337 e. The number of nitrogens with one attached hydrogen (secondary N) is 1. The van der Waals surface area contributed by atoms with Crippen LogP contribution in [0.15, 0.2) is 30.5 Å². The van der Waals surface area contributed by atoms with Crippen LogP contribution in [0.5, 0.6) is 0 Å². The molecule has 2 aromatic rings. The number of halogens is 1. The summed E-state index contributed by atoms with van der Waals surface area (Å²) in [6.07, 6.45) is 5.24. The summed E-state index contributed by atoms with van der Waals surface area (Å²) < 4.78 is 13.7. The molecule has 0 bridgehead atoms. The smallest absolute Gasteiger partial charge is 0.257 e. The maximum atomic E-state index is 13.7. The minimum Gasteiger partial charge on any atom is -0.337 e. The molecule has 0 radical (unpaired) electrons. The fraction of sp³-hybridized carbons (Fsp3) is 0.545. The summed E-state index contributed by atoms with van der Waals surface area (Å²) in [5.41, 5.74) is 1.75. The first-order chi connectivity index (χ1) is 13.5. The Balaban J connectivity index is 1.55. The zero-order valence-corrected chi connectivity index (χ0v) is 16.7. The zero-order chi connectivity index (χ0) is 19.7. The predicted molar refractivity (Wildman–Crippen MR) is 107 cm³/mol. The normalized spacial score (nSPS) is 21.1. The van der Waals surface area contributed by atoms with E-state index in [9.17, 15) is 9.18 Å². The maximum absolute atomic E-state index is 13.7. The van der Waals surface area contributed by atoms with E-state index in [0.717, 1.165) is 38.5 Å². The molecule has 2 aliphatic rings. The molecule has 1 aliphatic carbocycles. The van der Waals surface area contributed by atoms with Crippen LogP contribution in [0, 0.1) is 17.7 Å². The molecule has 1 aromatic carbocycles. The third-order valence-corrected chi connectivity index (χ3v) is 5.98. The lowest BCUT2D eigenvalue weighted by Crippen LogP contribution is -2.46. The number of nitrogens with zero attached hydrogens (tertiary/aromatic N) is 3. The van der Waals surface area contributed by atoms with Crippen LogP contribution in [-0.4, -0.2) is 58.1 Å². The average molecular weight is 384 g/mol. The van der Waals surface area contributed by atoms with E-state index in [-0.39, 0.29) is 11.7 Å². The number of benzene rings is 1. The molecular formula is C22H29FN4O. The molecule has 6 heteroatoms. The van der Waals surface area contributed by atoms with Crippen molar-refractivity contribution in [1.82, 2.24) is 20.0 Å². The quantitative estimate of drug-likeness (QED) is 0.853. The second-order valence-corrected chi connectivity index (χ2v) is 8.52. The van der Waals surface area contributed by atoms with Crippen molar-refractivity contribution in [3.05, 3.63) is 41.8 Å². The monoisotopic (exact) mass is 384 g/mol. The molecular weight excluding hydrogens is 355 g/mol. The number of aromatic amines is 1. The highest BCUT2D eigenvalue weighted by Crippen LogP contribution is 2.32. The Bertz CT molecular complexity index is 829. The van der Waals surface area contributed by atoms with Crippen molar-refractivity contribution in [2.75, 3.05) is 26.2 Å². The van der Waals surface area contributed by atoms with Gasteiger partial charge < -0.3 is 4.90 Å². The highest BCUT2D eigenvalue weighted by molar-refractivity contribution is 5.99. The summed E-state index contributed by atoms with van der Waals surface area (Å²) in [5, 5.41) is 6.97. The van der Waals surface area contributed by atoms with E-state index >= 15 is 0 Å². The number of hydrogen-bond donors (Lipinski definition) is 1. The van der Waals surface area contributed by atoms with Crippen LogP contribution in [0.4, 0.5) is 4.39 Å². The molecule has 1 aliphatic heterocycles. The van der Waals surface area contributed by atoms with Gasteiger partial charge in [0.15, 0.2) is 0 Å². The van der Waals surface area contributed by atoms with E-state index in [2.05, 4.69) is 28.9 Å². The first kappa shape index (κ1) is 19.1. The summed E-state index contributed by atoms with van der Waals surface area (Å²) in [6, 6.07) is 6.65. The van der Waals surface area contributed by atoms with Crippen molar-refractivity contribution in [1.29, 1.82) is 0 Å². The van der Waals surface area contributed by atoms with Gasteiger partial charge in [-0.05, 0) is 43.2 Å². The van der Waals surface area contributed by atoms with Gasteiger partial charge in [-0.25, -0.2) is 4.39 Å². The second-order valence-electron chi connectivity index (χ2n) is 8.52. The molecule has 2 heterocycles. The third kappa shape index (κ3) is 4.12. The molecule has 150 valence electrons. The Kier molecular flexibility index (Phi) is 5.49. The number of rotatable bonds is 5. The van der Waals surface area contributed by atoms with Crippen LogP contribution in [0.3, 0.4) is 0 Å².